The van der Waals surface area contributed by atoms with Gasteiger partial charge in [-0.05, 0) is 71.0 Å². The Bertz CT molecular complexity index is 476. The van der Waals surface area contributed by atoms with Gasteiger partial charge in [-0.15, -0.1) is 0 Å². The SMILES string of the molecule is CC(C)(C)CCN1C(=O)CCCc2cc(I)ccc21. The molecule has 0 unspecified atom stereocenters. The van der Waals surface area contributed by atoms with Gasteiger partial charge in [-0.25, -0.2) is 0 Å². The Morgan fingerprint density at radius 1 is 1.26 bits per heavy atom. The molecule has 0 saturated carbocycles. The van der Waals surface area contributed by atoms with Crippen LogP contribution in [0.25, 0.3) is 0 Å². The van der Waals surface area contributed by atoms with E-state index in [9.17, 15) is 4.79 Å². The number of hydrogen-bond acceptors (Lipinski definition) is 1. The first kappa shape index (κ1) is 14.8. The Morgan fingerprint density at radius 3 is 2.68 bits per heavy atom. The van der Waals surface area contributed by atoms with Crippen molar-refractivity contribution in [2.75, 3.05) is 11.4 Å². The Labute approximate surface area is 129 Å². The number of anilines is 1. The normalized spacial score (nSPS) is 16.2. The summed E-state index contributed by atoms with van der Waals surface area (Å²) in [6, 6.07) is 6.43. The van der Waals surface area contributed by atoms with Crippen LogP contribution in [0.15, 0.2) is 18.2 Å². The zero-order chi connectivity index (χ0) is 14.0. The lowest BCUT2D eigenvalue weighted by Gasteiger charge is -2.27. The smallest absolute Gasteiger partial charge is 0.226 e. The number of benzene rings is 1. The van der Waals surface area contributed by atoms with Crippen molar-refractivity contribution in [3.63, 3.8) is 0 Å². The van der Waals surface area contributed by atoms with E-state index in [1.807, 2.05) is 4.90 Å². The van der Waals surface area contributed by atoms with Gasteiger partial charge in [0, 0.05) is 22.2 Å². The summed E-state index contributed by atoms with van der Waals surface area (Å²) in [5, 5.41) is 0. The van der Waals surface area contributed by atoms with Gasteiger partial charge in [0.2, 0.25) is 5.91 Å². The molecule has 104 valence electrons. The molecular formula is C16H22INO. The Balaban J connectivity index is 2.27. The molecule has 19 heavy (non-hydrogen) atoms. The zero-order valence-corrected chi connectivity index (χ0v) is 14.2. The molecule has 0 fully saturated rings. The molecule has 2 nitrogen and oxygen atoms in total. The molecule has 1 aliphatic heterocycles. The van der Waals surface area contributed by atoms with Crippen LogP contribution in [0, 0.1) is 8.99 Å². The van der Waals surface area contributed by atoms with E-state index in [1.54, 1.807) is 0 Å². The molecule has 1 aliphatic rings. The molecule has 0 aliphatic carbocycles. The third kappa shape index (κ3) is 3.94. The van der Waals surface area contributed by atoms with E-state index >= 15 is 0 Å². The average molecular weight is 371 g/mol. The molecule has 0 saturated heterocycles. The molecule has 0 atom stereocenters. The van der Waals surface area contributed by atoms with E-state index in [0.717, 1.165) is 31.5 Å². The molecule has 1 aromatic rings. The van der Waals surface area contributed by atoms with Crippen LogP contribution in [0.2, 0.25) is 0 Å². The second kappa shape index (κ2) is 5.81. The lowest BCUT2D eigenvalue weighted by molar-refractivity contribution is -0.118. The van der Waals surface area contributed by atoms with Crippen molar-refractivity contribution in [1.29, 1.82) is 0 Å². The lowest BCUT2D eigenvalue weighted by Crippen LogP contribution is -2.33. The van der Waals surface area contributed by atoms with Crippen molar-refractivity contribution >= 4 is 34.2 Å². The fourth-order valence-electron chi connectivity index (χ4n) is 2.41. The summed E-state index contributed by atoms with van der Waals surface area (Å²) < 4.78 is 1.25. The Kier molecular flexibility index (Phi) is 4.54. The van der Waals surface area contributed by atoms with Gasteiger partial charge in [0.15, 0.2) is 0 Å². The molecular weight excluding hydrogens is 349 g/mol. The maximum atomic E-state index is 12.3. The molecule has 0 aromatic heterocycles. The lowest BCUT2D eigenvalue weighted by atomic mass is 9.92. The number of halogens is 1. The number of rotatable bonds is 2. The molecule has 1 aromatic carbocycles. The Hall–Kier alpha value is -0.580. The van der Waals surface area contributed by atoms with Gasteiger partial charge in [0.25, 0.3) is 0 Å². The third-order valence-corrected chi connectivity index (χ3v) is 4.23. The van der Waals surface area contributed by atoms with Crippen LogP contribution in [-0.4, -0.2) is 12.5 Å². The summed E-state index contributed by atoms with van der Waals surface area (Å²) >= 11 is 2.34. The first-order valence-electron chi connectivity index (χ1n) is 6.96. The molecule has 0 bridgehead atoms. The fraction of sp³-hybridized carbons (Fsp3) is 0.562. The van der Waals surface area contributed by atoms with Crippen molar-refractivity contribution < 1.29 is 4.79 Å². The highest BCUT2D eigenvalue weighted by atomic mass is 127. The van der Waals surface area contributed by atoms with Crippen molar-refractivity contribution in [2.45, 2.75) is 46.5 Å². The number of hydrogen-bond donors (Lipinski definition) is 0. The van der Waals surface area contributed by atoms with E-state index in [4.69, 9.17) is 0 Å². The molecule has 0 radical (unpaired) electrons. The van der Waals surface area contributed by atoms with Crippen LogP contribution in [0.3, 0.4) is 0 Å². The highest BCUT2D eigenvalue weighted by Crippen LogP contribution is 2.30. The van der Waals surface area contributed by atoms with Crippen molar-refractivity contribution in [1.82, 2.24) is 0 Å². The molecule has 3 heteroatoms. The van der Waals surface area contributed by atoms with Crippen LogP contribution in [0.4, 0.5) is 5.69 Å². The summed E-state index contributed by atoms with van der Waals surface area (Å²) in [7, 11) is 0. The van der Waals surface area contributed by atoms with Crippen LogP contribution in [0.5, 0.6) is 0 Å². The van der Waals surface area contributed by atoms with E-state index in [-0.39, 0.29) is 11.3 Å². The standard InChI is InChI=1S/C16H22INO/c1-16(2,3)9-10-18-14-8-7-13(17)11-12(14)5-4-6-15(18)19/h7-8,11H,4-6,9-10H2,1-3H3. The van der Waals surface area contributed by atoms with Gasteiger partial charge in [-0.1, -0.05) is 20.8 Å². The number of fused-ring (bicyclic) bond motifs is 1. The van der Waals surface area contributed by atoms with Crippen LogP contribution < -0.4 is 4.90 Å². The minimum Gasteiger partial charge on any atom is -0.312 e. The van der Waals surface area contributed by atoms with E-state index in [0.29, 0.717) is 6.42 Å². The second-order valence-electron chi connectivity index (χ2n) is 6.48. The van der Waals surface area contributed by atoms with Crippen molar-refractivity contribution in [3.05, 3.63) is 27.3 Å². The van der Waals surface area contributed by atoms with Crippen molar-refractivity contribution in [3.8, 4) is 0 Å². The molecule has 1 amide bonds. The van der Waals surface area contributed by atoms with Crippen LogP contribution in [0.1, 0.15) is 45.6 Å². The van der Waals surface area contributed by atoms with Crippen molar-refractivity contribution in [2.24, 2.45) is 5.41 Å². The fourth-order valence-corrected chi connectivity index (χ4v) is 2.97. The molecule has 1 heterocycles. The van der Waals surface area contributed by atoms with Crippen LogP contribution in [-0.2, 0) is 11.2 Å². The average Bonchev–Trinajstić information content (AvgIpc) is 2.44. The summed E-state index contributed by atoms with van der Waals surface area (Å²) in [5.41, 5.74) is 2.72. The predicted molar refractivity (Wildman–Crippen MR) is 88.5 cm³/mol. The number of amides is 1. The van der Waals surface area contributed by atoms with Crippen LogP contribution >= 0.6 is 22.6 Å². The Morgan fingerprint density at radius 2 is 2.00 bits per heavy atom. The summed E-state index contributed by atoms with van der Waals surface area (Å²) in [6.07, 6.45) is 3.70. The van der Waals surface area contributed by atoms with Gasteiger partial charge >= 0.3 is 0 Å². The summed E-state index contributed by atoms with van der Waals surface area (Å²) in [6.45, 7) is 7.51. The maximum Gasteiger partial charge on any atom is 0.226 e. The zero-order valence-electron chi connectivity index (χ0n) is 12.0. The topological polar surface area (TPSA) is 20.3 Å². The summed E-state index contributed by atoms with van der Waals surface area (Å²) in [4.78, 5) is 14.3. The molecule has 0 N–H and O–H groups in total. The molecule has 2 rings (SSSR count). The quantitative estimate of drug-likeness (QED) is 0.706. The predicted octanol–water partition coefficient (Wildman–Crippen LogP) is 4.40. The summed E-state index contributed by atoms with van der Waals surface area (Å²) in [5.74, 6) is 0.282. The second-order valence-corrected chi connectivity index (χ2v) is 7.73. The van der Waals surface area contributed by atoms with Gasteiger partial charge in [0.1, 0.15) is 0 Å². The van der Waals surface area contributed by atoms with E-state index < -0.39 is 0 Å². The number of nitrogens with zero attached hydrogens (tertiary/aromatic N) is 1. The number of carbonyl (C=O) groups excluding carboxylic acids is 1. The number of carbonyl (C=O) groups is 1. The highest BCUT2D eigenvalue weighted by molar-refractivity contribution is 14.1. The van der Waals surface area contributed by atoms with E-state index in [1.165, 1.54) is 9.13 Å². The molecule has 0 spiro atoms. The minimum absolute atomic E-state index is 0.260. The van der Waals surface area contributed by atoms with Gasteiger partial charge < -0.3 is 4.90 Å². The van der Waals surface area contributed by atoms with Gasteiger partial charge in [0.05, 0.1) is 0 Å². The van der Waals surface area contributed by atoms with Gasteiger partial charge in [-0.3, -0.25) is 4.79 Å². The highest BCUT2D eigenvalue weighted by Gasteiger charge is 2.23. The monoisotopic (exact) mass is 371 g/mol. The minimum atomic E-state index is 0.260. The first-order chi connectivity index (χ1) is 8.87. The first-order valence-corrected chi connectivity index (χ1v) is 8.03. The number of aryl methyl sites for hydroxylation is 1. The maximum absolute atomic E-state index is 12.3. The largest absolute Gasteiger partial charge is 0.312 e. The van der Waals surface area contributed by atoms with Gasteiger partial charge in [-0.2, -0.15) is 0 Å². The van der Waals surface area contributed by atoms with E-state index in [2.05, 4.69) is 61.6 Å². The third-order valence-electron chi connectivity index (χ3n) is 3.56.